The van der Waals surface area contributed by atoms with Gasteiger partial charge in [-0.05, 0) is 42.1 Å². The minimum atomic E-state index is -0.339. The van der Waals surface area contributed by atoms with Crippen LogP contribution in [0.4, 0.5) is 20.7 Å². The summed E-state index contributed by atoms with van der Waals surface area (Å²) in [5, 5.41) is 8.11. The molecule has 138 valence electrons. The number of nitrogens with one attached hydrogen (secondary N) is 2. The number of anilines is 2. The Hall–Kier alpha value is -2.86. The molecule has 2 aromatic carbocycles. The first-order valence-corrected chi connectivity index (χ1v) is 9.09. The Morgan fingerprint density at radius 2 is 1.96 bits per heavy atom. The van der Waals surface area contributed by atoms with E-state index in [1.807, 2.05) is 30.3 Å². The zero-order valence-corrected chi connectivity index (χ0v) is 15.2. The molecule has 1 aliphatic rings. The van der Waals surface area contributed by atoms with E-state index in [1.165, 1.54) is 24.3 Å². The van der Waals surface area contributed by atoms with Crippen molar-refractivity contribution in [3.63, 3.8) is 0 Å². The fourth-order valence-corrected chi connectivity index (χ4v) is 3.54. The molecular weight excluding hydrogens is 367 g/mol. The van der Waals surface area contributed by atoms with Crippen LogP contribution >= 0.6 is 11.6 Å². The maximum Gasteiger partial charge on any atom is 0.319 e. The molecule has 7 heteroatoms. The van der Waals surface area contributed by atoms with Gasteiger partial charge in [0, 0.05) is 30.2 Å². The molecule has 2 heterocycles. The zero-order chi connectivity index (χ0) is 18.8. The maximum atomic E-state index is 12.9. The molecule has 1 aliphatic heterocycles. The van der Waals surface area contributed by atoms with E-state index in [2.05, 4.69) is 20.5 Å². The van der Waals surface area contributed by atoms with Crippen molar-refractivity contribution in [1.82, 2.24) is 10.3 Å². The second-order valence-corrected chi connectivity index (χ2v) is 6.89. The van der Waals surface area contributed by atoms with E-state index < -0.39 is 0 Å². The first-order valence-electron chi connectivity index (χ1n) is 8.72. The largest absolute Gasteiger partial charge is 0.354 e. The average molecular weight is 385 g/mol. The number of rotatable bonds is 3. The van der Waals surface area contributed by atoms with Gasteiger partial charge in [-0.1, -0.05) is 35.9 Å². The minimum Gasteiger partial charge on any atom is -0.354 e. The van der Waals surface area contributed by atoms with Gasteiger partial charge in [-0.2, -0.15) is 0 Å². The number of pyridine rings is 1. The smallest absolute Gasteiger partial charge is 0.319 e. The molecule has 1 saturated heterocycles. The highest BCUT2D eigenvalue weighted by molar-refractivity contribution is 6.34. The van der Waals surface area contributed by atoms with E-state index in [9.17, 15) is 9.18 Å². The first kappa shape index (κ1) is 17.5. The van der Waals surface area contributed by atoms with Crippen LogP contribution in [0.5, 0.6) is 0 Å². The molecular formula is C20H18ClFN4O. The van der Waals surface area contributed by atoms with E-state index in [-0.39, 0.29) is 17.9 Å². The number of benzene rings is 2. The number of halogens is 2. The summed E-state index contributed by atoms with van der Waals surface area (Å²) in [6.45, 7) is 1.43. The van der Waals surface area contributed by atoms with Gasteiger partial charge in [0.05, 0.1) is 0 Å². The van der Waals surface area contributed by atoms with Crippen molar-refractivity contribution in [2.24, 2.45) is 0 Å². The van der Waals surface area contributed by atoms with Crippen molar-refractivity contribution in [2.45, 2.75) is 12.5 Å². The minimum absolute atomic E-state index is 0.00232. The SMILES string of the molecule is O=C(Nc1ccc(F)cc1)N[C@H]1CCN(c2cc3ccccc3c(Cl)n2)C1. The molecule has 0 unspecified atom stereocenters. The molecule has 2 N–H and O–H groups in total. The lowest BCUT2D eigenvalue weighted by atomic mass is 10.2. The fourth-order valence-electron chi connectivity index (χ4n) is 3.28. The van der Waals surface area contributed by atoms with Gasteiger partial charge in [0.15, 0.2) is 0 Å². The third-order valence-corrected chi connectivity index (χ3v) is 4.92. The summed E-state index contributed by atoms with van der Waals surface area (Å²) < 4.78 is 12.9. The van der Waals surface area contributed by atoms with Crippen molar-refractivity contribution in [3.05, 3.63) is 65.6 Å². The normalized spacial score (nSPS) is 16.5. The number of carbonyl (C=O) groups excluding carboxylic acids is 1. The number of aromatic nitrogens is 1. The quantitative estimate of drug-likeness (QED) is 0.657. The Morgan fingerprint density at radius 3 is 2.78 bits per heavy atom. The maximum absolute atomic E-state index is 12.9. The van der Waals surface area contributed by atoms with Crippen LogP contribution in [0.1, 0.15) is 6.42 Å². The van der Waals surface area contributed by atoms with Gasteiger partial charge >= 0.3 is 6.03 Å². The number of fused-ring (bicyclic) bond motifs is 1. The molecule has 3 aromatic rings. The van der Waals surface area contributed by atoms with Crippen LogP contribution in [0.2, 0.25) is 5.15 Å². The molecule has 2 amide bonds. The number of hydrogen-bond donors (Lipinski definition) is 2. The lowest BCUT2D eigenvalue weighted by Gasteiger charge is -2.19. The number of nitrogens with zero attached hydrogens (tertiary/aromatic N) is 2. The van der Waals surface area contributed by atoms with E-state index in [1.54, 1.807) is 0 Å². The van der Waals surface area contributed by atoms with Crippen molar-refractivity contribution in [3.8, 4) is 0 Å². The topological polar surface area (TPSA) is 57.3 Å². The van der Waals surface area contributed by atoms with E-state index in [0.29, 0.717) is 17.4 Å². The summed E-state index contributed by atoms with van der Waals surface area (Å²) in [7, 11) is 0. The van der Waals surface area contributed by atoms with Crippen LogP contribution in [-0.2, 0) is 0 Å². The number of amides is 2. The second-order valence-electron chi connectivity index (χ2n) is 6.53. The number of carbonyl (C=O) groups is 1. The molecule has 27 heavy (non-hydrogen) atoms. The molecule has 4 rings (SSSR count). The van der Waals surface area contributed by atoms with E-state index in [4.69, 9.17) is 11.6 Å². The molecule has 0 radical (unpaired) electrons. The van der Waals surface area contributed by atoms with Crippen LogP contribution in [0.25, 0.3) is 10.8 Å². The third kappa shape index (κ3) is 3.95. The fraction of sp³-hybridized carbons (Fsp3) is 0.200. The van der Waals surface area contributed by atoms with Crippen LogP contribution in [-0.4, -0.2) is 30.1 Å². The summed E-state index contributed by atoms with van der Waals surface area (Å²) in [6, 6.07) is 15.2. The molecule has 0 bridgehead atoms. The van der Waals surface area contributed by atoms with Crippen LogP contribution in [0.3, 0.4) is 0 Å². The van der Waals surface area contributed by atoms with Gasteiger partial charge in [-0.3, -0.25) is 0 Å². The lowest BCUT2D eigenvalue weighted by Crippen LogP contribution is -2.39. The van der Waals surface area contributed by atoms with Crippen LogP contribution in [0, 0.1) is 5.82 Å². The molecule has 0 spiro atoms. The average Bonchev–Trinajstić information content (AvgIpc) is 3.12. The molecule has 5 nitrogen and oxygen atoms in total. The second kappa shape index (κ2) is 7.40. The summed E-state index contributed by atoms with van der Waals surface area (Å²) in [4.78, 5) is 18.8. The standard InChI is InChI=1S/C20H18ClFN4O/c21-19-17-4-2-1-3-13(17)11-18(25-19)26-10-9-16(12-26)24-20(27)23-15-7-5-14(22)6-8-15/h1-8,11,16H,9-10,12H2,(H2,23,24,27)/t16-/m0/s1. The van der Waals surface area contributed by atoms with E-state index >= 15 is 0 Å². The van der Waals surface area contributed by atoms with Crippen molar-refractivity contribution in [1.29, 1.82) is 0 Å². The summed E-state index contributed by atoms with van der Waals surface area (Å²) in [5.74, 6) is 0.468. The van der Waals surface area contributed by atoms with Gasteiger partial charge in [0.2, 0.25) is 0 Å². The molecule has 1 aromatic heterocycles. The Morgan fingerprint density at radius 1 is 1.19 bits per heavy atom. The van der Waals surface area contributed by atoms with Gasteiger partial charge in [0.25, 0.3) is 0 Å². The van der Waals surface area contributed by atoms with Crippen molar-refractivity contribution >= 4 is 39.9 Å². The highest BCUT2D eigenvalue weighted by atomic mass is 35.5. The zero-order valence-electron chi connectivity index (χ0n) is 14.5. The molecule has 0 saturated carbocycles. The lowest BCUT2D eigenvalue weighted by molar-refractivity contribution is 0.249. The van der Waals surface area contributed by atoms with Gasteiger partial charge in [-0.15, -0.1) is 0 Å². The Kier molecular flexibility index (Phi) is 4.81. The number of urea groups is 1. The van der Waals surface area contributed by atoms with Gasteiger partial charge in [-0.25, -0.2) is 14.2 Å². The molecule has 1 atom stereocenters. The monoisotopic (exact) mass is 384 g/mol. The third-order valence-electron chi connectivity index (χ3n) is 4.63. The van der Waals surface area contributed by atoms with E-state index in [0.717, 1.165) is 29.6 Å². The van der Waals surface area contributed by atoms with Gasteiger partial charge < -0.3 is 15.5 Å². The summed E-state index contributed by atoms with van der Waals surface area (Å²) >= 11 is 6.32. The Labute approximate surface area is 161 Å². The molecule has 0 aliphatic carbocycles. The number of hydrogen-bond acceptors (Lipinski definition) is 3. The highest BCUT2D eigenvalue weighted by Gasteiger charge is 2.25. The van der Waals surface area contributed by atoms with Gasteiger partial charge in [0.1, 0.15) is 16.8 Å². The first-order chi connectivity index (χ1) is 13.1. The summed E-state index contributed by atoms with van der Waals surface area (Å²) in [6.07, 6.45) is 0.808. The summed E-state index contributed by atoms with van der Waals surface area (Å²) in [5.41, 5.74) is 0.548. The Balaban J connectivity index is 1.40. The van der Waals surface area contributed by atoms with Crippen LogP contribution < -0.4 is 15.5 Å². The van der Waals surface area contributed by atoms with Crippen molar-refractivity contribution in [2.75, 3.05) is 23.3 Å². The predicted octanol–water partition coefficient (Wildman–Crippen LogP) is 4.43. The highest BCUT2D eigenvalue weighted by Crippen LogP contribution is 2.28. The van der Waals surface area contributed by atoms with Crippen molar-refractivity contribution < 1.29 is 9.18 Å². The molecule has 1 fully saturated rings. The predicted molar refractivity (Wildman–Crippen MR) is 106 cm³/mol. The van der Waals surface area contributed by atoms with Crippen LogP contribution in [0.15, 0.2) is 54.6 Å². The Bertz CT molecular complexity index is 979.